The van der Waals surface area contributed by atoms with Gasteiger partial charge in [-0.3, -0.25) is 0 Å². The summed E-state index contributed by atoms with van der Waals surface area (Å²) in [4.78, 5) is 0. The van der Waals surface area contributed by atoms with E-state index in [2.05, 4.69) is 36.9 Å². The summed E-state index contributed by atoms with van der Waals surface area (Å²) in [6.07, 6.45) is 7.43. The molecule has 72 valence electrons. The molecule has 0 spiro atoms. The molecule has 0 heteroatoms. The summed E-state index contributed by atoms with van der Waals surface area (Å²) in [5.74, 6) is 0. The second-order valence-corrected chi connectivity index (χ2v) is 3.82. The lowest BCUT2D eigenvalue weighted by Crippen LogP contribution is -1.94. The first-order valence-electron chi connectivity index (χ1n) is 5.31. The van der Waals surface area contributed by atoms with Gasteiger partial charge >= 0.3 is 0 Å². The normalized spacial score (nSPS) is 16.1. The number of hydrogen-bond acceptors (Lipinski definition) is 0. The molecule has 0 N–H and O–H groups in total. The summed E-state index contributed by atoms with van der Waals surface area (Å²) in [6.45, 7) is 4.18. The summed E-state index contributed by atoms with van der Waals surface area (Å²) < 4.78 is 0. The van der Waals surface area contributed by atoms with Crippen LogP contribution < -0.4 is 0 Å². The van der Waals surface area contributed by atoms with Crippen LogP contribution in [0.3, 0.4) is 0 Å². The number of benzene rings is 1. The highest BCUT2D eigenvalue weighted by Crippen LogP contribution is 2.28. The first-order chi connectivity index (χ1) is 6.88. The Bertz CT molecular complexity index is 344. The van der Waals surface area contributed by atoms with Crippen molar-refractivity contribution in [1.29, 1.82) is 0 Å². The van der Waals surface area contributed by atoms with Crippen LogP contribution in [0.25, 0.3) is 5.57 Å². The molecule has 1 aliphatic rings. The summed E-state index contributed by atoms with van der Waals surface area (Å²) in [6, 6.07) is 10.5. The third-order valence-corrected chi connectivity index (χ3v) is 2.80. The highest BCUT2D eigenvalue weighted by molar-refractivity contribution is 5.77. The molecule has 0 heterocycles. The van der Waals surface area contributed by atoms with E-state index in [1.165, 1.54) is 42.4 Å². The monoisotopic (exact) mass is 184 g/mol. The zero-order valence-electron chi connectivity index (χ0n) is 8.50. The van der Waals surface area contributed by atoms with Crippen LogP contribution in [0.1, 0.15) is 31.2 Å². The van der Waals surface area contributed by atoms with Gasteiger partial charge in [-0.1, -0.05) is 43.0 Å². The fourth-order valence-electron chi connectivity index (χ4n) is 1.94. The van der Waals surface area contributed by atoms with Gasteiger partial charge in [0.1, 0.15) is 0 Å². The van der Waals surface area contributed by atoms with Crippen molar-refractivity contribution >= 4 is 5.57 Å². The zero-order valence-corrected chi connectivity index (χ0v) is 8.50. The molecule has 0 radical (unpaired) electrons. The average Bonchev–Trinajstić information content (AvgIpc) is 2.30. The van der Waals surface area contributed by atoms with Gasteiger partial charge in [0.2, 0.25) is 0 Å². The third-order valence-electron chi connectivity index (χ3n) is 2.80. The molecule has 0 saturated carbocycles. The number of rotatable bonds is 2. The van der Waals surface area contributed by atoms with Crippen molar-refractivity contribution < 1.29 is 0 Å². The second kappa shape index (κ2) is 4.28. The molecule has 1 aromatic rings. The van der Waals surface area contributed by atoms with Crippen molar-refractivity contribution in [2.24, 2.45) is 0 Å². The lowest BCUT2D eigenvalue weighted by atomic mass is 9.91. The van der Waals surface area contributed by atoms with Gasteiger partial charge in [-0.05, 0) is 42.4 Å². The van der Waals surface area contributed by atoms with Gasteiger partial charge in [-0.25, -0.2) is 0 Å². The predicted molar refractivity (Wildman–Crippen MR) is 62.0 cm³/mol. The van der Waals surface area contributed by atoms with Crippen molar-refractivity contribution in [2.45, 2.75) is 25.7 Å². The molecule has 14 heavy (non-hydrogen) atoms. The van der Waals surface area contributed by atoms with Crippen LogP contribution in [-0.4, -0.2) is 0 Å². The summed E-state index contributed by atoms with van der Waals surface area (Å²) >= 11 is 0. The number of allylic oxidation sites excluding steroid dienone is 3. The highest BCUT2D eigenvalue weighted by atomic mass is 14.1. The van der Waals surface area contributed by atoms with Gasteiger partial charge in [-0.2, -0.15) is 0 Å². The fraction of sp³-hybridized carbons (Fsp3) is 0.286. The van der Waals surface area contributed by atoms with Crippen LogP contribution in [0, 0.1) is 0 Å². The Labute approximate surface area is 86.0 Å². The SMILES string of the molecule is C=C(C1=CCCCC1)c1ccccc1. The van der Waals surface area contributed by atoms with E-state index in [9.17, 15) is 0 Å². The predicted octanol–water partition coefficient (Wildman–Crippen LogP) is 4.20. The molecule has 0 nitrogen and oxygen atoms in total. The molecule has 0 aliphatic heterocycles. The van der Waals surface area contributed by atoms with Crippen LogP contribution in [-0.2, 0) is 0 Å². The number of hydrogen-bond donors (Lipinski definition) is 0. The van der Waals surface area contributed by atoms with Crippen LogP contribution in [0.15, 0.2) is 48.6 Å². The molecule has 0 amide bonds. The van der Waals surface area contributed by atoms with Crippen LogP contribution in [0.2, 0.25) is 0 Å². The molecule has 2 rings (SSSR count). The highest BCUT2D eigenvalue weighted by Gasteiger charge is 2.07. The fourth-order valence-corrected chi connectivity index (χ4v) is 1.94. The molecule has 0 bridgehead atoms. The van der Waals surface area contributed by atoms with E-state index in [4.69, 9.17) is 0 Å². The van der Waals surface area contributed by atoms with Crippen LogP contribution >= 0.6 is 0 Å². The minimum Gasteiger partial charge on any atom is -0.0909 e. The van der Waals surface area contributed by atoms with Gasteiger partial charge in [-0.15, -0.1) is 0 Å². The van der Waals surface area contributed by atoms with Crippen LogP contribution in [0.4, 0.5) is 0 Å². The van der Waals surface area contributed by atoms with E-state index in [-0.39, 0.29) is 0 Å². The Morgan fingerprint density at radius 3 is 2.50 bits per heavy atom. The van der Waals surface area contributed by atoms with Gasteiger partial charge in [0.25, 0.3) is 0 Å². The standard InChI is InChI=1S/C14H16/c1-12(13-8-4-2-5-9-13)14-10-6-3-7-11-14/h2,4-5,8-10H,1,3,6-7,11H2. The van der Waals surface area contributed by atoms with Crippen molar-refractivity contribution in [3.63, 3.8) is 0 Å². The van der Waals surface area contributed by atoms with E-state index >= 15 is 0 Å². The molecule has 0 fully saturated rings. The Kier molecular flexibility index (Phi) is 2.83. The molecule has 0 unspecified atom stereocenters. The van der Waals surface area contributed by atoms with Crippen molar-refractivity contribution in [3.8, 4) is 0 Å². The van der Waals surface area contributed by atoms with E-state index in [1.54, 1.807) is 0 Å². The summed E-state index contributed by atoms with van der Waals surface area (Å²) in [5, 5.41) is 0. The molecular formula is C14H16. The maximum Gasteiger partial charge on any atom is -0.0187 e. The summed E-state index contributed by atoms with van der Waals surface area (Å²) in [5.41, 5.74) is 3.92. The molecule has 0 atom stereocenters. The van der Waals surface area contributed by atoms with Gasteiger partial charge < -0.3 is 0 Å². The quantitative estimate of drug-likeness (QED) is 0.646. The second-order valence-electron chi connectivity index (χ2n) is 3.82. The first-order valence-corrected chi connectivity index (χ1v) is 5.31. The Morgan fingerprint density at radius 1 is 1.07 bits per heavy atom. The molecule has 0 saturated heterocycles. The molecule has 1 aromatic carbocycles. The zero-order chi connectivity index (χ0) is 9.80. The Hall–Kier alpha value is -1.30. The topological polar surface area (TPSA) is 0 Å². The Balaban J connectivity index is 2.20. The lowest BCUT2D eigenvalue weighted by Gasteiger charge is -2.15. The lowest BCUT2D eigenvalue weighted by molar-refractivity contribution is 0.714. The minimum atomic E-state index is 1.20. The average molecular weight is 184 g/mol. The van der Waals surface area contributed by atoms with E-state index in [0.717, 1.165) is 0 Å². The molecule has 0 aromatic heterocycles. The van der Waals surface area contributed by atoms with E-state index in [1.807, 2.05) is 6.07 Å². The minimum absolute atomic E-state index is 1.20. The van der Waals surface area contributed by atoms with Gasteiger partial charge in [0.05, 0.1) is 0 Å². The van der Waals surface area contributed by atoms with E-state index < -0.39 is 0 Å². The largest absolute Gasteiger partial charge is 0.0909 e. The first kappa shape index (κ1) is 9.26. The van der Waals surface area contributed by atoms with Crippen molar-refractivity contribution in [1.82, 2.24) is 0 Å². The smallest absolute Gasteiger partial charge is 0.0187 e. The summed E-state index contributed by atoms with van der Waals surface area (Å²) in [7, 11) is 0. The molecule has 1 aliphatic carbocycles. The van der Waals surface area contributed by atoms with Crippen LogP contribution in [0.5, 0.6) is 0 Å². The van der Waals surface area contributed by atoms with Crippen molar-refractivity contribution in [2.75, 3.05) is 0 Å². The molecular weight excluding hydrogens is 168 g/mol. The van der Waals surface area contributed by atoms with Gasteiger partial charge in [0, 0.05) is 0 Å². The van der Waals surface area contributed by atoms with Crippen molar-refractivity contribution in [3.05, 3.63) is 54.1 Å². The third kappa shape index (κ3) is 1.95. The van der Waals surface area contributed by atoms with E-state index in [0.29, 0.717) is 0 Å². The maximum atomic E-state index is 4.18. The maximum absolute atomic E-state index is 4.18. The Morgan fingerprint density at radius 2 is 1.86 bits per heavy atom. The van der Waals surface area contributed by atoms with Gasteiger partial charge in [0.15, 0.2) is 0 Å².